The number of nitro benzene ring substituents is 1. The Kier molecular flexibility index (Phi) is 4.87. The van der Waals surface area contributed by atoms with Crippen LogP contribution in [0.5, 0.6) is 0 Å². The van der Waals surface area contributed by atoms with Crippen LogP contribution >= 0.6 is 15.9 Å². The van der Waals surface area contributed by atoms with E-state index in [-0.39, 0.29) is 10.3 Å². The molecule has 0 saturated carbocycles. The van der Waals surface area contributed by atoms with Crippen molar-refractivity contribution in [2.75, 3.05) is 5.32 Å². The third-order valence-corrected chi connectivity index (χ3v) is 3.60. The highest BCUT2D eigenvalue weighted by Gasteiger charge is 2.26. The molecule has 2 aromatic rings. The molecule has 1 aromatic heterocycles. The number of anilines is 1. The zero-order chi connectivity index (χ0) is 16.3. The van der Waals surface area contributed by atoms with Crippen molar-refractivity contribution in [3.63, 3.8) is 0 Å². The Morgan fingerprint density at radius 2 is 2.09 bits per heavy atom. The van der Waals surface area contributed by atoms with Gasteiger partial charge in [-0.3, -0.25) is 15.1 Å². The van der Waals surface area contributed by atoms with Gasteiger partial charge in [-0.05, 0) is 32.0 Å². The number of hydrogen-bond acceptors (Lipinski definition) is 4. The number of benzene rings is 1. The van der Waals surface area contributed by atoms with E-state index in [1.54, 1.807) is 19.1 Å². The van der Waals surface area contributed by atoms with E-state index >= 15 is 0 Å². The third kappa shape index (κ3) is 3.48. The Bertz CT molecular complexity index is 746. The smallest absolute Gasteiger partial charge is 0.288 e. The van der Waals surface area contributed by atoms with Gasteiger partial charge in [0.2, 0.25) is 0 Å². The van der Waals surface area contributed by atoms with E-state index < -0.39 is 4.92 Å². The second-order valence-electron chi connectivity index (χ2n) is 4.88. The molecular weight excluding hydrogens is 348 g/mol. The summed E-state index contributed by atoms with van der Waals surface area (Å²) in [6, 6.07) is 9.20. The summed E-state index contributed by atoms with van der Waals surface area (Å²) in [5.41, 5.74) is 3.27. The molecule has 114 valence electrons. The average Bonchev–Trinajstić information content (AvgIpc) is 2.45. The van der Waals surface area contributed by atoms with Crippen LogP contribution in [-0.4, -0.2) is 14.5 Å². The summed E-state index contributed by atoms with van der Waals surface area (Å²) in [6.45, 7) is 4.05. The SMILES string of the molecule is Cc1cccc(CNc2ccc(C)c([N+](=O)[O-])c2C(=[NH2+])Br)n1. The molecule has 7 heteroatoms. The van der Waals surface area contributed by atoms with Gasteiger partial charge in [-0.2, -0.15) is 0 Å². The number of rotatable bonds is 5. The molecule has 0 amide bonds. The minimum atomic E-state index is -0.422. The van der Waals surface area contributed by atoms with Gasteiger partial charge in [0.15, 0.2) is 5.56 Å². The van der Waals surface area contributed by atoms with E-state index in [2.05, 4.69) is 26.2 Å². The fourth-order valence-electron chi connectivity index (χ4n) is 2.20. The zero-order valence-corrected chi connectivity index (χ0v) is 13.8. The molecule has 0 aliphatic rings. The van der Waals surface area contributed by atoms with Gasteiger partial charge < -0.3 is 5.32 Å². The van der Waals surface area contributed by atoms with Crippen molar-refractivity contribution in [2.24, 2.45) is 0 Å². The normalized spacial score (nSPS) is 10.3. The Labute approximate surface area is 136 Å². The van der Waals surface area contributed by atoms with E-state index in [4.69, 9.17) is 5.41 Å². The minimum Gasteiger partial charge on any atom is -0.378 e. The Hall–Kier alpha value is -2.28. The predicted molar refractivity (Wildman–Crippen MR) is 89.1 cm³/mol. The van der Waals surface area contributed by atoms with E-state index in [1.165, 1.54) is 0 Å². The standard InChI is InChI=1S/C15H15BrN4O2/c1-9-6-7-12(13(15(16)17)14(9)20(21)22)18-8-11-5-3-4-10(2)19-11/h3-7,17-18H,8H2,1-2H3/p+1. The maximum absolute atomic E-state index is 11.3. The molecule has 0 spiro atoms. The predicted octanol–water partition coefficient (Wildman–Crippen LogP) is 2.12. The fraction of sp³-hybridized carbons (Fsp3) is 0.200. The summed E-state index contributed by atoms with van der Waals surface area (Å²) >= 11 is 3.16. The first-order valence-corrected chi connectivity index (χ1v) is 7.42. The summed E-state index contributed by atoms with van der Waals surface area (Å²) in [7, 11) is 0. The second-order valence-corrected chi connectivity index (χ2v) is 5.74. The van der Waals surface area contributed by atoms with Gasteiger partial charge in [0, 0.05) is 27.2 Å². The maximum atomic E-state index is 11.3. The number of nitrogens with one attached hydrogen (secondary N) is 1. The van der Waals surface area contributed by atoms with Crippen molar-refractivity contribution in [1.82, 2.24) is 4.98 Å². The molecule has 0 aliphatic heterocycles. The highest BCUT2D eigenvalue weighted by molar-refractivity contribution is 9.18. The Balaban J connectivity index is 2.37. The number of hydrogen-bond donors (Lipinski definition) is 2. The molecule has 0 bridgehead atoms. The van der Waals surface area contributed by atoms with Crippen molar-refractivity contribution in [2.45, 2.75) is 20.4 Å². The van der Waals surface area contributed by atoms with Gasteiger partial charge in [-0.1, -0.05) is 12.1 Å². The lowest BCUT2D eigenvalue weighted by molar-refractivity contribution is -0.385. The molecule has 0 saturated heterocycles. The van der Waals surface area contributed by atoms with Crippen LogP contribution in [0.2, 0.25) is 0 Å². The molecule has 0 unspecified atom stereocenters. The van der Waals surface area contributed by atoms with Crippen molar-refractivity contribution in [1.29, 1.82) is 0 Å². The van der Waals surface area contributed by atoms with Gasteiger partial charge in [0.1, 0.15) is 0 Å². The summed E-state index contributed by atoms with van der Waals surface area (Å²) < 4.78 is 0.225. The molecular formula is C15H16BrN4O2+. The van der Waals surface area contributed by atoms with Crippen LogP contribution < -0.4 is 10.7 Å². The highest BCUT2D eigenvalue weighted by atomic mass is 79.9. The molecule has 0 atom stereocenters. The van der Waals surface area contributed by atoms with Gasteiger partial charge >= 0.3 is 0 Å². The molecule has 3 N–H and O–H groups in total. The highest BCUT2D eigenvalue weighted by Crippen LogP contribution is 2.31. The van der Waals surface area contributed by atoms with Crippen LogP contribution in [0.25, 0.3) is 0 Å². The molecule has 1 aromatic carbocycles. The van der Waals surface area contributed by atoms with Crippen LogP contribution in [0.15, 0.2) is 30.3 Å². The first kappa shape index (κ1) is 16.1. The number of aromatic nitrogens is 1. The summed E-state index contributed by atoms with van der Waals surface area (Å²) in [4.78, 5) is 15.3. The topological polar surface area (TPSA) is 93.7 Å². The molecule has 1 heterocycles. The summed E-state index contributed by atoms with van der Waals surface area (Å²) in [5, 5.41) is 20.2. The monoisotopic (exact) mass is 363 g/mol. The summed E-state index contributed by atoms with van der Waals surface area (Å²) in [6.07, 6.45) is 0. The van der Waals surface area contributed by atoms with Crippen molar-refractivity contribution in [3.05, 3.63) is 63.0 Å². The summed E-state index contributed by atoms with van der Waals surface area (Å²) in [5.74, 6) is 0. The number of nitrogens with zero attached hydrogens (tertiary/aromatic N) is 2. The number of pyridine rings is 1. The van der Waals surface area contributed by atoms with Gasteiger partial charge in [-0.15, -0.1) is 0 Å². The third-order valence-electron chi connectivity index (χ3n) is 3.21. The molecule has 0 fully saturated rings. The van der Waals surface area contributed by atoms with E-state index in [0.29, 0.717) is 23.4 Å². The van der Waals surface area contributed by atoms with E-state index in [0.717, 1.165) is 11.4 Å². The number of nitrogens with two attached hydrogens (primary N) is 1. The lowest BCUT2D eigenvalue weighted by Crippen LogP contribution is -2.37. The lowest BCUT2D eigenvalue weighted by atomic mass is 10.1. The minimum absolute atomic E-state index is 0.00317. The van der Waals surface area contributed by atoms with Crippen molar-refractivity contribution in [3.8, 4) is 0 Å². The van der Waals surface area contributed by atoms with Crippen LogP contribution in [0.4, 0.5) is 11.4 Å². The number of halogens is 1. The van der Waals surface area contributed by atoms with Crippen molar-refractivity contribution >= 4 is 31.9 Å². The largest absolute Gasteiger partial charge is 0.378 e. The fourth-order valence-corrected chi connectivity index (χ4v) is 2.60. The van der Waals surface area contributed by atoms with Crippen LogP contribution in [0, 0.1) is 24.0 Å². The second kappa shape index (κ2) is 6.65. The number of aryl methyl sites for hydroxylation is 2. The zero-order valence-electron chi connectivity index (χ0n) is 12.3. The maximum Gasteiger partial charge on any atom is 0.288 e. The molecule has 0 radical (unpaired) electrons. The van der Waals surface area contributed by atoms with Gasteiger partial charge in [0.25, 0.3) is 10.3 Å². The Morgan fingerprint density at radius 3 is 2.68 bits per heavy atom. The molecule has 2 rings (SSSR count). The van der Waals surface area contributed by atoms with E-state index in [1.807, 2.05) is 25.1 Å². The quantitative estimate of drug-likeness (QED) is 0.483. The Morgan fingerprint density at radius 1 is 1.36 bits per heavy atom. The number of nitro groups is 1. The molecule has 6 nitrogen and oxygen atoms in total. The van der Waals surface area contributed by atoms with E-state index in [9.17, 15) is 10.1 Å². The molecule has 0 aliphatic carbocycles. The average molecular weight is 364 g/mol. The van der Waals surface area contributed by atoms with Crippen molar-refractivity contribution < 1.29 is 10.3 Å². The van der Waals surface area contributed by atoms with Crippen LogP contribution in [0.3, 0.4) is 0 Å². The first-order valence-electron chi connectivity index (χ1n) is 6.63. The molecule has 22 heavy (non-hydrogen) atoms. The van der Waals surface area contributed by atoms with Gasteiger partial charge in [0.05, 0.1) is 22.8 Å². The van der Waals surface area contributed by atoms with Crippen LogP contribution in [-0.2, 0) is 6.54 Å². The van der Waals surface area contributed by atoms with Crippen LogP contribution in [0.1, 0.15) is 22.5 Å². The van der Waals surface area contributed by atoms with Gasteiger partial charge in [-0.25, -0.2) is 5.41 Å². The lowest BCUT2D eigenvalue weighted by Gasteiger charge is -2.11. The first-order chi connectivity index (χ1) is 10.4.